The Labute approximate surface area is 393 Å². The quantitative estimate of drug-likeness (QED) is 0.0932. The number of aromatic nitrogens is 4. The van der Waals surface area contributed by atoms with E-state index in [1.807, 2.05) is 0 Å². The van der Waals surface area contributed by atoms with Crippen molar-refractivity contribution in [1.82, 2.24) is 19.9 Å². The first kappa shape index (κ1) is 47.7. The molecule has 0 radical (unpaired) electrons. The van der Waals surface area contributed by atoms with Crippen molar-refractivity contribution in [2.24, 2.45) is 0 Å². The van der Waals surface area contributed by atoms with E-state index in [2.05, 4.69) is 19.9 Å². The van der Waals surface area contributed by atoms with Crippen molar-refractivity contribution in [1.29, 1.82) is 0 Å². The molecule has 21 heteroatoms. The van der Waals surface area contributed by atoms with Crippen molar-refractivity contribution in [3.8, 4) is 33.4 Å². The molecule has 5 heterocycles. The Morgan fingerprint density at radius 1 is 0.352 bits per heavy atom. The van der Waals surface area contributed by atoms with Crippen LogP contribution < -0.4 is 14.7 Å². The first-order valence-electron chi connectivity index (χ1n) is 20.8. The van der Waals surface area contributed by atoms with Gasteiger partial charge in [-0.15, -0.1) is 0 Å². The number of halogens is 12. The number of hydrogen-bond acceptors (Lipinski definition) is 7. The second-order valence-electron chi connectivity index (χ2n) is 16.8. The zero-order chi connectivity index (χ0) is 51.4. The second-order valence-corrected chi connectivity index (χ2v) is 16.8. The molecule has 71 heavy (non-hydrogen) atoms. The highest BCUT2D eigenvalue weighted by Gasteiger charge is 2.35. The number of aromatic amines is 2. The van der Waals surface area contributed by atoms with Crippen LogP contribution in [-0.4, -0.2) is 73.8 Å². The van der Waals surface area contributed by atoms with Crippen LogP contribution in [0.25, 0.3) is 85.3 Å². The summed E-state index contributed by atoms with van der Waals surface area (Å²) >= 11 is 0. The summed E-state index contributed by atoms with van der Waals surface area (Å²) in [6.45, 7) is 0. The van der Waals surface area contributed by atoms with Crippen LogP contribution in [0.5, 0.6) is 0 Å². The predicted octanol–water partition coefficient (Wildman–Crippen LogP) is 11.6. The van der Waals surface area contributed by atoms with E-state index in [0.29, 0.717) is 0 Å². The van der Waals surface area contributed by atoms with Crippen molar-refractivity contribution in [3.05, 3.63) is 141 Å². The molecule has 0 saturated heterocycles. The molecule has 9 rings (SSSR count). The minimum absolute atomic E-state index is 0.216. The minimum atomic E-state index is -2.02. The van der Waals surface area contributed by atoms with Crippen molar-refractivity contribution in [2.45, 2.75) is 0 Å². The normalized spacial score (nSPS) is 13.2. The topological polar surface area (TPSA) is 101 Å². The molecule has 0 unspecified atom stereocenters. The van der Waals surface area contributed by atoms with Gasteiger partial charge in [-0.05, 0) is 66.8 Å². The molecule has 3 aromatic carbocycles. The van der Waals surface area contributed by atoms with Gasteiger partial charge in [-0.25, -0.2) is 62.7 Å². The number of fused-ring (bicyclic) bond motifs is 8. The van der Waals surface area contributed by atoms with Gasteiger partial charge in [-0.3, -0.25) is 9.59 Å². The van der Waals surface area contributed by atoms with E-state index < -0.39 is 165 Å². The molecule has 362 valence electrons. The van der Waals surface area contributed by atoms with Crippen LogP contribution in [0.3, 0.4) is 0 Å². The molecule has 6 aromatic rings. The van der Waals surface area contributed by atoms with Gasteiger partial charge >= 0.3 is 0 Å². The zero-order valence-electron chi connectivity index (χ0n) is 37.4. The summed E-state index contributed by atoms with van der Waals surface area (Å²) < 4.78 is 195. The monoisotopic (exact) mass is 989 g/mol. The molecule has 9 nitrogen and oxygen atoms in total. The summed E-state index contributed by atoms with van der Waals surface area (Å²) in [5, 5.41) is 0. The van der Waals surface area contributed by atoms with Crippen LogP contribution in [0.1, 0.15) is 28.3 Å². The molecule has 0 atom stereocenters. The molecule has 1 aliphatic carbocycles. The van der Waals surface area contributed by atoms with Gasteiger partial charge < -0.3 is 24.7 Å². The molecule has 2 N–H and O–H groups in total. The van der Waals surface area contributed by atoms with Gasteiger partial charge in [0.15, 0.2) is 81.4 Å². The number of ketones is 2. The summed E-state index contributed by atoms with van der Waals surface area (Å²) in [7, 11) is 6.58. The van der Waals surface area contributed by atoms with Gasteiger partial charge in [0.05, 0.1) is 39.5 Å². The number of nitrogens with one attached hydrogen (secondary N) is 2. The van der Waals surface area contributed by atoms with Gasteiger partial charge in [0, 0.05) is 92.2 Å². The fourth-order valence-electron chi connectivity index (χ4n) is 8.68. The van der Waals surface area contributed by atoms with E-state index in [-0.39, 0.29) is 22.3 Å². The number of nitrogens with zero attached hydrogens (tertiary/aromatic N) is 5. The van der Waals surface area contributed by atoms with Gasteiger partial charge in [-0.1, -0.05) is 0 Å². The van der Waals surface area contributed by atoms with Gasteiger partial charge in [0.2, 0.25) is 0 Å². The molecule has 0 fully saturated rings. The molecular weight excluding hydrogens is 959 g/mol. The Morgan fingerprint density at radius 2 is 0.620 bits per heavy atom. The molecule has 3 aliphatic rings. The van der Waals surface area contributed by atoms with Crippen LogP contribution in [0.2, 0.25) is 0 Å². The standard InChI is InChI=1S/C50H31F12N7O2/c1-67(2)48-42(57)36(51)33(37(52)43(48)58)30-22-10-8-20(63-22)29(19-17-18(70)7-16-28(19)71)21-9-11-23(64-21)31(34-38(53)44(59)49(68(3)4)45(60)39(34)54)25-13-15-27(66-25)32(26-14-12-24(30)65-26)35-40(55)46(61)50(69(5)6)47(62)41(35)56/h7-17,63,66H,1-6H3. The van der Waals surface area contributed by atoms with E-state index in [0.717, 1.165) is 118 Å². The summed E-state index contributed by atoms with van der Waals surface area (Å²) in [5.41, 5.74) is -14.6. The number of benzene rings is 3. The molecule has 0 amide bonds. The lowest BCUT2D eigenvalue weighted by molar-refractivity contribution is -0.113. The van der Waals surface area contributed by atoms with Crippen molar-refractivity contribution in [3.63, 3.8) is 0 Å². The van der Waals surface area contributed by atoms with Gasteiger partial charge in [-0.2, -0.15) is 0 Å². The summed E-state index contributed by atoms with van der Waals surface area (Å²) in [5.74, 6) is -24.7. The maximum Gasteiger partial charge on any atom is 0.186 e. The molecule has 3 aromatic heterocycles. The third kappa shape index (κ3) is 7.36. The predicted molar refractivity (Wildman–Crippen MR) is 245 cm³/mol. The zero-order valence-corrected chi connectivity index (χ0v) is 37.4. The highest BCUT2D eigenvalue weighted by Crippen LogP contribution is 2.45. The fraction of sp³-hybridized carbons (Fsp3) is 0.120. The highest BCUT2D eigenvalue weighted by atomic mass is 19.2. The van der Waals surface area contributed by atoms with Crippen molar-refractivity contribution >= 4 is 80.6 Å². The number of carbonyl (C=O) groups is 2. The number of H-pyrrole nitrogens is 2. The van der Waals surface area contributed by atoms with E-state index in [1.54, 1.807) is 0 Å². The van der Waals surface area contributed by atoms with E-state index >= 15 is 52.7 Å². The van der Waals surface area contributed by atoms with Gasteiger partial charge in [0.25, 0.3) is 0 Å². The Morgan fingerprint density at radius 3 is 0.901 bits per heavy atom. The first-order chi connectivity index (χ1) is 33.5. The van der Waals surface area contributed by atoms with Crippen LogP contribution in [0, 0.1) is 69.8 Å². The Balaban J connectivity index is 1.56. The Hall–Kier alpha value is -8.36. The van der Waals surface area contributed by atoms with E-state index in [4.69, 9.17) is 0 Å². The SMILES string of the molecule is CN(C)c1c(F)c(F)c(-c2c3nc(c(-c4c(F)c(F)c(N(C)C)c(F)c4F)c4ccc([nH]4)c(-c4c(F)c(F)c(N(C)C)c(F)c4F)c4nc(c(C5=CC(=O)C=CC5=O)c5ccc2[nH]5)C=C4)C=C3)c(F)c1F. The minimum Gasteiger partial charge on any atom is -0.373 e. The number of allylic oxidation sites excluding steroid dienone is 4. The smallest absolute Gasteiger partial charge is 0.186 e. The van der Waals surface area contributed by atoms with Crippen LogP contribution >= 0.6 is 0 Å². The lowest BCUT2D eigenvalue weighted by Gasteiger charge is -2.18. The van der Waals surface area contributed by atoms with Crippen LogP contribution in [0.15, 0.2) is 42.5 Å². The van der Waals surface area contributed by atoms with Crippen molar-refractivity contribution in [2.75, 3.05) is 57.0 Å². The maximum absolute atomic E-state index is 16.6. The highest BCUT2D eigenvalue weighted by molar-refractivity contribution is 6.35. The summed E-state index contributed by atoms with van der Waals surface area (Å²) in [6.07, 6.45) is 6.86. The number of anilines is 3. The fourth-order valence-corrected chi connectivity index (χ4v) is 8.68. The van der Waals surface area contributed by atoms with E-state index in [9.17, 15) is 9.59 Å². The van der Waals surface area contributed by atoms with Crippen molar-refractivity contribution < 1.29 is 62.3 Å². The largest absolute Gasteiger partial charge is 0.373 e. The second kappa shape index (κ2) is 17.2. The molecule has 0 spiro atoms. The number of hydrogen-bond donors (Lipinski definition) is 2. The average Bonchev–Trinajstić information content (AvgIpc) is 4.16. The third-order valence-corrected chi connectivity index (χ3v) is 11.8. The molecule has 2 aliphatic heterocycles. The van der Waals surface area contributed by atoms with E-state index in [1.165, 1.54) is 6.07 Å². The number of rotatable bonds is 7. The Bertz CT molecular complexity index is 3560. The van der Waals surface area contributed by atoms with Gasteiger partial charge in [0.1, 0.15) is 17.1 Å². The molecular formula is C50H31F12N7O2. The lowest BCUT2D eigenvalue weighted by Crippen LogP contribution is -2.16. The Kier molecular flexibility index (Phi) is 11.6. The van der Waals surface area contributed by atoms with Crippen LogP contribution in [0.4, 0.5) is 69.7 Å². The molecule has 0 saturated carbocycles. The summed E-state index contributed by atoms with van der Waals surface area (Å²) in [6, 6.07) is 4.25. The first-order valence-corrected chi connectivity index (χ1v) is 20.8. The third-order valence-electron chi connectivity index (χ3n) is 11.8. The number of carbonyl (C=O) groups excluding carboxylic acids is 2. The molecule has 8 bridgehead atoms. The maximum atomic E-state index is 16.6. The lowest BCUT2D eigenvalue weighted by atomic mass is 9.95. The summed E-state index contributed by atoms with van der Waals surface area (Å²) in [4.78, 5) is 43.0. The van der Waals surface area contributed by atoms with Crippen LogP contribution in [-0.2, 0) is 9.59 Å². The average molecular weight is 990 g/mol.